The molecule has 4 nitrogen and oxygen atoms in total. The fraction of sp³-hybridized carbons (Fsp3) is 0.350. The summed E-state index contributed by atoms with van der Waals surface area (Å²) < 4.78 is 11.6. The molecular formula is C20H22N2O2. The smallest absolute Gasteiger partial charge is 0.227 e. The number of ether oxygens (including phenoxy) is 1. The summed E-state index contributed by atoms with van der Waals surface area (Å²) in [5, 5.41) is 0. The van der Waals surface area contributed by atoms with Crippen LogP contribution in [0.3, 0.4) is 0 Å². The first-order valence-corrected chi connectivity index (χ1v) is 8.62. The zero-order valence-corrected chi connectivity index (χ0v) is 13.7. The van der Waals surface area contributed by atoms with Gasteiger partial charge in [-0.15, -0.1) is 0 Å². The monoisotopic (exact) mass is 322 g/mol. The Kier molecular flexibility index (Phi) is 4.32. The summed E-state index contributed by atoms with van der Waals surface area (Å²) in [7, 11) is 0. The quantitative estimate of drug-likeness (QED) is 0.703. The Morgan fingerprint density at radius 3 is 2.58 bits per heavy atom. The van der Waals surface area contributed by atoms with Gasteiger partial charge in [0.05, 0.1) is 6.61 Å². The molecule has 1 aromatic heterocycles. The highest BCUT2D eigenvalue weighted by Gasteiger charge is 2.22. The molecule has 0 spiro atoms. The van der Waals surface area contributed by atoms with Crippen LogP contribution in [0.4, 0.5) is 0 Å². The molecule has 0 saturated heterocycles. The first-order valence-electron chi connectivity index (χ1n) is 8.62. The minimum absolute atomic E-state index is 0.149. The lowest BCUT2D eigenvalue weighted by atomic mass is 10.1. The predicted octanol–water partition coefficient (Wildman–Crippen LogP) is 4.49. The van der Waals surface area contributed by atoms with Gasteiger partial charge in [0, 0.05) is 5.56 Å². The van der Waals surface area contributed by atoms with Crippen molar-refractivity contribution in [3.05, 3.63) is 54.1 Å². The average molecular weight is 322 g/mol. The van der Waals surface area contributed by atoms with E-state index in [1.54, 1.807) is 0 Å². The number of hydrogen-bond donors (Lipinski definition) is 1. The van der Waals surface area contributed by atoms with Crippen molar-refractivity contribution in [1.29, 1.82) is 0 Å². The lowest BCUT2D eigenvalue weighted by molar-refractivity contribution is 0.00687. The highest BCUT2D eigenvalue weighted by molar-refractivity contribution is 5.75. The number of aromatic nitrogens is 1. The molecule has 2 aromatic carbocycles. The zero-order valence-electron chi connectivity index (χ0n) is 13.7. The second-order valence-corrected chi connectivity index (χ2v) is 6.50. The molecule has 1 unspecified atom stereocenters. The lowest BCUT2D eigenvalue weighted by Gasteiger charge is -2.19. The van der Waals surface area contributed by atoms with E-state index in [0.717, 1.165) is 22.2 Å². The van der Waals surface area contributed by atoms with E-state index in [9.17, 15) is 0 Å². The largest absolute Gasteiger partial charge is 0.436 e. The molecule has 1 aliphatic rings. The summed E-state index contributed by atoms with van der Waals surface area (Å²) in [6, 6.07) is 15.9. The molecule has 0 radical (unpaired) electrons. The molecule has 1 fully saturated rings. The van der Waals surface area contributed by atoms with Gasteiger partial charge in [-0.05, 0) is 48.6 Å². The van der Waals surface area contributed by atoms with Gasteiger partial charge < -0.3 is 14.9 Å². The molecular weight excluding hydrogens is 300 g/mol. The number of fused-ring (bicyclic) bond motifs is 1. The number of nitrogens with two attached hydrogens (primary N) is 1. The van der Waals surface area contributed by atoms with Gasteiger partial charge in [-0.2, -0.15) is 0 Å². The molecule has 1 heterocycles. The van der Waals surface area contributed by atoms with Gasteiger partial charge in [0.15, 0.2) is 5.58 Å². The van der Waals surface area contributed by atoms with E-state index in [1.807, 2.05) is 48.5 Å². The van der Waals surface area contributed by atoms with Crippen LogP contribution in [0.5, 0.6) is 0 Å². The number of nitrogens with zero attached hydrogens (tertiary/aromatic N) is 1. The van der Waals surface area contributed by atoms with Crippen LogP contribution in [0.1, 0.15) is 31.2 Å². The topological polar surface area (TPSA) is 61.3 Å². The Hall–Kier alpha value is -2.17. The SMILES string of the molecule is NC(OCc1ccc(-c2nc3ccccc3o2)cc1)C1CCCC1. The third-order valence-corrected chi connectivity index (χ3v) is 4.80. The molecule has 1 saturated carbocycles. The minimum atomic E-state index is -0.149. The van der Waals surface area contributed by atoms with Crippen LogP contribution in [0.2, 0.25) is 0 Å². The number of rotatable bonds is 5. The number of hydrogen-bond acceptors (Lipinski definition) is 4. The van der Waals surface area contributed by atoms with E-state index in [0.29, 0.717) is 18.4 Å². The van der Waals surface area contributed by atoms with Crippen LogP contribution in [0.25, 0.3) is 22.6 Å². The first-order chi connectivity index (χ1) is 11.8. The molecule has 24 heavy (non-hydrogen) atoms. The number of oxazole rings is 1. The van der Waals surface area contributed by atoms with Gasteiger partial charge in [-0.3, -0.25) is 0 Å². The standard InChI is InChI=1S/C20H22N2O2/c21-19(15-5-1-2-6-15)23-13-14-9-11-16(12-10-14)20-22-17-7-3-4-8-18(17)24-20/h3-4,7-12,15,19H,1-2,5-6,13,21H2. The van der Waals surface area contributed by atoms with Crippen molar-refractivity contribution in [2.75, 3.05) is 0 Å². The molecule has 124 valence electrons. The van der Waals surface area contributed by atoms with Crippen molar-refractivity contribution in [2.45, 2.75) is 38.5 Å². The van der Waals surface area contributed by atoms with Gasteiger partial charge >= 0.3 is 0 Å². The normalized spacial score (nSPS) is 16.7. The van der Waals surface area contributed by atoms with E-state index in [2.05, 4.69) is 4.98 Å². The first kappa shape index (κ1) is 15.4. The van der Waals surface area contributed by atoms with E-state index in [4.69, 9.17) is 14.9 Å². The number of para-hydroxylation sites is 2. The van der Waals surface area contributed by atoms with Crippen molar-refractivity contribution < 1.29 is 9.15 Å². The van der Waals surface area contributed by atoms with Crippen LogP contribution in [-0.4, -0.2) is 11.2 Å². The van der Waals surface area contributed by atoms with Crippen molar-refractivity contribution >= 4 is 11.1 Å². The Labute approximate surface area is 141 Å². The molecule has 4 heteroatoms. The Morgan fingerprint density at radius 2 is 1.83 bits per heavy atom. The molecule has 4 rings (SSSR count). The summed E-state index contributed by atoms with van der Waals surface area (Å²) in [6.07, 6.45) is 4.79. The zero-order chi connectivity index (χ0) is 16.4. The van der Waals surface area contributed by atoms with Crippen LogP contribution >= 0.6 is 0 Å². The molecule has 0 amide bonds. The maximum Gasteiger partial charge on any atom is 0.227 e. The minimum Gasteiger partial charge on any atom is -0.436 e. The third kappa shape index (κ3) is 3.21. The molecule has 0 bridgehead atoms. The van der Waals surface area contributed by atoms with E-state index in [1.165, 1.54) is 25.7 Å². The Balaban J connectivity index is 1.42. The molecule has 1 atom stereocenters. The predicted molar refractivity (Wildman–Crippen MR) is 94.2 cm³/mol. The Bertz CT molecular complexity index is 771. The maximum atomic E-state index is 6.14. The van der Waals surface area contributed by atoms with Crippen molar-refractivity contribution in [3.63, 3.8) is 0 Å². The van der Waals surface area contributed by atoms with Gasteiger partial charge in [0.25, 0.3) is 0 Å². The second-order valence-electron chi connectivity index (χ2n) is 6.50. The van der Waals surface area contributed by atoms with Crippen LogP contribution in [0, 0.1) is 5.92 Å². The summed E-state index contributed by atoms with van der Waals surface area (Å²) >= 11 is 0. The Morgan fingerprint density at radius 1 is 1.08 bits per heavy atom. The van der Waals surface area contributed by atoms with Crippen molar-refractivity contribution in [1.82, 2.24) is 4.98 Å². The number of benzene rings is 2. The third-order valence-electron chi connectivity index (χ3n) is 4.80. The average Bonchev–Trinajstić information content (AvgIpc) is 3.29. The van der Waals surface area contributed by atoms with Crippen molar-refractivity contribution in [2.24, 2.45) is 11.7 Å². The molecule has 3 aromatic rings. The summed E-state index contributed by atoms with van der Waals surface area (Å²) in [5.41, 5.74) is 9.91. The summed E-state index contributed by atoms with van der Waals surface area (Å²) in [4.78, 5) is 4.52. The van der Waals surface area contributed by atoms with Crippen LogP contribution < -0.4 is 5.73 Å². The maximum absolute atomic E-state index is 6.14. The van der Waals surface area contributed by atoms with Gasteiger partial charge in [-0.25, -0.2) is 4.98 Å². The van der Waals surface area contributed by atoms with Crippen molar-refractivity contribution in [3.8, 4) is 11.5 Å². The molecule has 2 N–H and O–H groups in total. The highest BCUT2D eigenvalue weighted by Crippen LogP contribution is 2.28. The lowest BCUT2D eigenvalue weighted by Crippen LogP contribution is -2.31. The van der Waals surface area contributed by atoms with Gasteiger partial charge in [0.2, 0.25) is 5.89 Å². The van der Waals surface area contributed by atoms with Gasteiger partial charge in [0.1, 0.15) is 11.7 Å². The van der Waals surface area contributed by atoms with E-state index in [-0.39, 0.29) is 6.23 Å². The molecule has 0 aliphatic heterocycles. The van der Waals surface area contributed by atoms with E-state index < -0.39 is 0 Å². The fourth-order valence-corrected chi connectivity index (χ4v) is 3.35. The fourth-order valence-electron chi connectivity index (χ4n) is 3.35. The van der Waals surface area contributed by atoms with Gasteiger partial charge in [-0.1, -0.05) is 37.1 Å². The molecule has 1 aliphatic carbocycles. The highest BCUT2D eigenvalue weighted by atomic mass is 16.5. The second kappa shape index (κ2) is 6.75. The van der Waals surface area contributed by atoms with Crippen LogP contribution in [0.15, 0.2) is 52.9 Å². The van der Waals surface area contributed by atoms with E-state index >= 15 is 0 Å². The summed E-state index contributed by atoms with van der Waals surface area (Å²) in [5.74, 6) is 1.16. The summed E-state index contributed by atoms with van der Waals surface area (Å²) in [6.45, 7) is 0.547. The van der Waals surface area contributed by atoms with Crippen LogP contribution in [-0.2, 0) is 11.3 Å².